The second-order valence-corrected chi connectivity index (χ2v) is 4.27. The summed E-state index contributed by atoms with van der Waals surface area (Å²) in [7, 11) is 1.91. The molecule has 0 spiro atoms. The van der Waals surface area contributed by atoms with Gasteiger partial charge >= 0.3 is 0 Å². The molecule has 0 saturated heterocycles. The maximum atomic E-state index is 6.16. The van der Waals surface area contributed by atoms with E-state index in [0.29, 0.717) is 0 Å². The van der Waals surface area contributed by atoms with Crippen LogP contribution in [-0.4, -0.2) is 9.78 Å². The lowest BCUT2D eigenvalue weighted by Gasteiger charge is -2.11. The molecule has 0 fully saturated rings. The molecular formula is C10H13N3S. The molecule has 4 heteroatoms. The van der Waals surface area contributed by atoms with E-state index < -0.39 is 0 Å². The lowest BCUT2D eigenvalue weighted by Crippen LogP contribution is -2.15. The van der Waals surface area contributed by atoms with Gasteiger partial charge in [0.05, 0.1) is 11.7 Å². The standard InChI is InChI=1S/C10H13N3S/c1-7-4-6-14-10(7)9(11)8-3-5-12-13(8)2/h3-6,9H,11H2,1-2H3. The van der Waals surface area contributed by atoms with E-state index in [1.165, 1.54) is 10.4 Å². The molecule has 0 aliphatic rings. The first-order valence-corrected chi connectivity index (χ1v) is 5.35. The van der Waals surface area contributed by atoms with Crippen molar-refractivity contribution in [3.8, 4) is 0 Å². The zero-order valence-electron chi connectivity index (χ0n) is 8.27. The minimum absolute atomic E-state index is 0.0532. The minimum atomic E-state index is -0.0532. The highest BCUT2D eigenvalue weighted by atomic mass is 32.1. The van der Waals surface area contributed by atoms with Gasteiger partial charge < -0.3 is 5.73 Å². The van der Waals surface area contributed by atoms with Gasteiger partial charge in [0.1, 0.15) is 0 Å². The Morgan fingerprint density at radius 2 is 2.29 bits per heavy atom. The summed E-state index contributed by atoms with van der Waals surface area (Å²) in [5.74, 6) is 0. The maximum Gasteiger partial charge on any atom is 0.0819 e. The monoisotopic (exact) mass is 207 g/mol. The molecule has 0 aromatic carbocycles. The lowest BCUT2D eigenvalue weighted by molar-refractivity contribution is 0.677. The Morgan fingerprint density at radius 3 is 2.79 bits per heavy atom. The first kappa shape index (κ1) is 9.43. The molecule has 2 N–H and O–H groups in total. The highest BCUT2D eigenvalue weighted by Crippen LogP contribution is 2.26. The van der Waals surface area contributed by atoms with Crippen molar-refractivity contribution in [2.75, 3.05) is 0 Å². The van der Waals surface area contributed by atoms with Crippen LogP contribution in [0, 0.1) is 6.92 Å². The third kappa shape index (κ3) is 1.47. The van der Waals surface area contributed by atoms with Crippen molar-refractivity contribution in [3.05, 3.63) is 39.8 Å². The van der Waals surface area contributed by atoms with Crippen molar-refractivity contribution >= 4 is 11.3 Å². The Balaban J connectivity index is 2.38. The summed E-state index contributed by atoms with van der Waals surface area (Å²) in [4.78, 5) is 1.22. The van der Waals surface area contributed by atoms with Gasteiger partial charge in [-0.05, 0) is 30.0 Å². The van der Waals surface area contributed by atoms with Crippen LogP contribution in [0.2, 0.25) is 0 Å². The largest absolute Gasteiger partial charge is 0.318 e. The molecule has 0 radical (unpaired) electrons. The van der Waals surface area contributed by atoms with Crippen LogP contribution in [0.4, 0.5) is 0 Å². The number of nitrogens with zero attached hydrogens (tertiary/aromatic N) is 2. The fourth-order valence-electron chi connectivity index (χ4n) is 1.53. The van der Waals surface area contributed by atoms with Gasteiger partial charge in [-0.2, -0.15) is 5.10 Å². The molecule has 0 aliphatic carbocycles. The first-order chi connectivity index (χ1) is 6.70. The van der Waals surface area contributed by atoms with Crippen molar-refractivity contribution in [1.29, 1.82) is 0 Å². The zero-order chi connectivity index (χ0) is 10.1. The summed E-state index contributed by atoms with van der Waals surface area (Å²) < 4.78 is 1.82. The Morgan fingerprint density at radius 1 is 1.50 bits per heavy atom. The van der Waals surface area contributed by atoms with Gasteiger partial charge in [0.15, 0.2) is 0 Å². The van der Waals surface area contributed by atoms with E-state index in [1.807, 2.05) is 17.8 Å². The molecule has 14 heavy (non-hydrogen) atoms. The highest BCUT2D eigenvalue weighted by Gasteiger charge is 2.15. The molecule has 2 aromatic rings. The molecule has 2 aromatic heterocycles. The first-order valence-electron chi connectivity index (χ1n) is 4.47. The van der Waals surface area contributed by atoms with Crippen LogP contribution in [0.25, 0.3) is 0 Å². The van der Waals surface area contributed by atoms with Crippen LogP contribution in [-0.2, 0) is 7.05 Å². The quantitative estimate of drug-likeness (QED) is 0.816. The molecule has 1 atom stereocenters. The Kier molecular flexibility index (Phi) is 2.39. The summed E-state index contributed by atoms with van der Waals surface area (Å²) in [5.41, 5.74) is 8.46. The summed E-state index contributed by atoms with van der Waals surface area (Å²) in [6, 6.07) is 4.00. The predicted octanol–water partition coefficient (Wildman–Crippen LogP) is 1.84. The van der Waals surface area contributed by atoms with Crippen LogP contribution >= 0.6 is 11.3 Å². The molecule has 0 saturated carbocycles. The number of aromatic nitrogens is 2. The SMILES string of the molecule is Cc1ccsc1C(N)c1ccnn1C. The Hall–Kier alpha value is -1.13. The third-order valence-corrected chi connectivity index (χ3v) is 3.46. The smallest absolute Gasteiger partial charge is 0.0819 e. The molecular weight excluding hydrogens is 194 g/mol. The zero-order valence-corrected chi connectivity index (χ0v) is 9.08. The Labute approximate surface area is 87.2 Å². The fraction of sp³-hybridized carbons (Fsp3) is 0.300. The molecule has 1 unspecified atom stereocenters. The number of hydrogen-bond donors (Lipinski definition) is 1. The average Bonchev–Trinajstić information content (AvgIpc) is 2.73. The van der Waals surface area contributed by atoms with E-state index in [-0.39, 0.29) is 6.04 Å². The van der Waals surface area contributed by atoms with Gasteiger partial charge in [-0.25, -0.2) is 0 Å². The fourth-order valence-corrected chi connectivity index (χ4v) is 2.47. The highest BCUT2D eigenvalue weighted by molar-refractivity contribution is 7.10. The third-order valence-electron chi connectivity index (χ3n) is 2.36. The number of aryl methyl sites for hydroxylation is 2. The van der Waals surface area contributed by atoms with Crippen molar-refractivity contribution in [3.63, 3.8) is 0 Å². The number of thiophene rings is 1. The van der Waals surface area contributed by atoms with Crippen molar-refractivity contribution < 1.29 is 0 Å². The second kappa shape index (κ2) is 3.55. The van der Waals surface area contributed by atoms with Crippen LogP contribution in [0.3, 0.4) is 0 Å². The van der Waals surface area contributed by atoms with E-state index in [1.54, 1.807) is 17.5 Å². The summed E-state index contributed by atoms with van der Waals surface area (Å²) in [5, 5.41) is 6.19. The normalized spacial score (nSPS) is 13.1. The van der Waals surface area contributed by atoms with Gasteiger partial charge in [-0.15, -0.1) is 11.3 Å². The van der Waals surface area contributed by atoms with E-state index >= 15 is 0 Å². The molecule has 0 amide bonds. The lowest BCUT2D eigenvalue weighted by atomic mass is 10.1. The molecule has 0 bridgehead atoms. The minimum Gasteiger partial charge on any atom is -0.318 e. The molecule has 3 nitrogen and oxygen atoms in total. The van der Waals surface area contributed by atoms with Crippen molar-refractivity contribution in [2.45, 2.75) is 13.0 Å². The topological polar surface area (TPSA) is 43.8 Å². The van der Waals surface area contributed by atoms with Gasteiger partial charge in [-0.3, -0.25) is 4.68 Å². The van der Waals surface area contributed by atoms with Gasteiger partial charge in [-0.1, -0.05) is 0 Å². The van der Waals surface area contributed by atoms with Gasteiger partial charge in [0, 0.05) is 18.1 Å². The van der Waals surface area contributed by atoms with E-state index in [9.17, 15) is 0 Å². The molecule has 2 heterocycles. The molecule has 0 aliphatic heterocycles. The summed E-state index contributed by atoms with van der Waals surface area (Å²) in [6.45, 7) is 2.09. The van der Waals surface area contributed by atoms with E-state index in [2.05, 4.69) is 23.5 Å². The van der Waals surface area contributed by atoms with Gasteiger partial charge in [0.25, 0.3) is 0 Å². The molecule has 74 valence electrons. The van der Waals surface area contributed by atoms with Crippen LogP contribution in [0.1, 0.15) is 22.2 Å². The average molecular weight is 207 g/mol. The van der Waals surface area contributed by atoms with E-state index in [4.69, 9.17) is 5.73 Å². The van der Waals surface area contributed by atoms with Crippen molar-refractivity contribution in [2.24, 2.45) is 12.8 Å². The number of hydrogen-bond acceptors (Lipinski definition) is 3. The van der Waals surface area contributed by atoms with Crippen LogP contribution in [0.5, 0.6) is 0 Å². The summed E-state index contributed by atoms with van der Waals surface area (Å²) >= 11 is 1.70. The van der Waals surface area contributed by atoms with Crippen LogP contribution < -0.4 is 5.73 Å². The van der Waals surface area contributed by atoms with Crippen LogP contribution in [0.15, 0.2) is 23.7 Å². The second-order valence-electron chi connectivity index (χ2n) is 3.33. The van der Waals surface area contributed by atoms with Gasteiger partial charge in [0.2, 0.25) is 0 Å². The van der Waals surface area contributed by atoms with E-state index in [0.717, 1.165) is 5.69 Å². The summed E-state index contributed by atoms with van der Waals surface area (Å²) in [6.07, 6.45) is 1.78. The van der Waals surface area contributed by atoms with Crippen molar-refractivity contribution in [1.82, 2.24) is 9.78 Å². The maximum absolute atomic E-state index is 6.16. The molecule has 2 rings (SSSR count). The predicted molar refractivity (Wildman–Crippen MR) is 58.3 cm³/mol. The number of rotatable bonds is 2. The Bertz CT molecular complexity index is 390. The number of nitrogens with two attached hydrogens (primary N) is 1.